The molecule has 1 atom stereocenters. The van der Waals surface area contributed by atoms with Crippen molar-refractivity contribution >= 4 is 11.9 Å². The van der Waals surface area contributed by atoms with Crippen LogP contribution in [0.3, 0.4) is 0 Å². The third-order valence-electron chi connectivity index (χ3n) is 4.50. The number of methoxy groups -OCH3 is 1. The van der Waals surface area contributed by atoms with Gasteiger partial charge in [0, 0.05) is 13.7 Å². The summed E-state index contributed by atoms with van der Waals surface area (Å²) in [5.41, 5.74) is -0.0345. The van der Waals surface area contributed by atoms with E-state index in [9.17, 15) is 14.0 Å². The maximum absolute atomic E-state index is 13.2. The van der Waals surface area contributed by atoms with Crippen LogP contribution in [0.25, 0.3) is 0 Å². The second kappa shape index (κ2) is 8.24. The second-order valence-electron chi connectivity index (χ2n) is 6.13. The summed E-state index contributed by atoms with van der Waals surface area (Å²) in [4.78, 5) is 24.7. The van der Waals surface area contributed by atoms with Crippen LogP contribution in [0.15, 0.2) is 24.3 Å². The molecule has 132 valence electrons. The van der Waals surface area contributed by atoms with Gasteiger partial charge in [-0.25, -0.2) is 4.39 Å². The minimum Gasteiger partial charge on any atom is -0.452 e. The van der Waals surface area contributed by atoms with Crippen molar-refractivity contribution in [3.63, 3.8) is 0 Å². The Morgan fingerprint density at radius 2 is 1.88 bits per heavy atom. The Hall–Kier alpha value is -1.95. The molecular weight excluding hydrogens is 313 g/mol. The van der Waals surface area contributed by atoms with Crippen molar-refractivity contribution in [2.45, 2.75) is 44.1 Å². The highest BCUT2D eigenvalue weighted by molar-refractivity contribution is 5.88. The van der Waals surface area contributed by atoms with E-state index >= 15 is 0 Å². The summed E-state index contributed by atoms with van der Waals surface area (Å²) in [5, 5.41) is 2.65. The Kier molecular flexibility index (Phi) is 6.31. The molecule has 0 radical (unpaired) electrons. The Morgan fingerprint density at radius 1 is 1.25 bits per heavy atom. The highest BCUT2D eigenvalue weighted by Crippen LogP contribution is 2.42. The molecule has 0 unspecified atom stereocenters. The lowest BCUT2D eigenvalue weighted by Crippen LogP contribution is -2.42. The van der Waals surface area contributed by atoms with Crippen molar-refractivity contribution in [1.29, 1.82) is 0 Å². The van der Waals surface area contributed by atoms with Crippen molar-refractivity contribution in [2.24, 2.45) is 0 Å². The zero-order chi connectivity index (χ0) is 17.6. The fraction of sp³-hybridized carbons (Fsp3) is 0.556. The lowest BCUT2D eigenvalue weighted by Gasteiger charge is -2.28. The van der Waals surface area contributed by atoms with Crippen molar-refractivity contribution in [2.75, 3.05) is 20.3 Å². The topological polar surface area (TPSA) is 64.6 Å². The number of halogens is 1. The molecule has 0 saturated heterocycles. The SMILES string of the molecule is COCCNC(=O)[C@H](C)OC(=O)C1(c2ccc(F)cc2)CCCC1. The average molecular weight is 337 g/mol. The van der Waals surface area contributed by atoms with Crippen LogP contribution in [0.1, 0.15) is 38.2 Å². The number of hydrogen-bond donors (Lipinski definition) is 1. The summed E-state index contributed by atoms with van der Waals surface area (Å²) < 4.78 is 23.5. The second-order valence-corrected chi connectivity index (χ2v) is 6.13. The van der Waals surface area contributed by atoms with E-state index in [-0.39, 0.29) is 11.7 Å². The van der Waals surface area contributed by atoms with Gasteiger partial charge in [0.25, 0.3) is 5.91 Å². The lowest BCUT2D eigenvalue weighted by atomic mass is 9.79. The van der Waals surface area contributed by atoms with Crippen LogP contribution in [0.4, 0.5) is 4.39 Å². The van der Waals surface area contributed by atoms with E-state index < -0.39 is 17.5 Å². The van der Waals surface area contributed by atoms with Crippen LogP contribution >= 0.6 is 0 Å². The number of esters is 1. The molecule has 0 aromatic heterocycles. The zero-order valence-electron chi connectivity index (χ0n) is 14.1. The molecule has 5 nitrogen and oxygen atoms in total. The predicted molar refractivity (Wildman–Crippen MR) is 87.0 cm³/mol. The summed E-state index contributed by atoms with van der Waals surface area (Å²) >= 11 is 0. The Morgan fingerprint density at radius 3 is 2.46 bits per heavy atom. The number of rotatable bonds is 7. The fourth-order valence-electron chi connectivity index (χ4n) is 3.11. The van der Waals surface area contributed by atoms with Gasteiger partial charge in [0.05, 0.1) is 12.0 Å². The molecular formula is C18H24FNO4. The first-order valence-electron chi connectivity index (χ1n) is 8.23. The first-order valence-corrected chi connectivity index (χ1v) is 8.23. The standard InChI is InChI=1S/C18H24FNO4/c1-13(16(21)20-11-12-23-2)24-17(22)18(9-3-4-10-18)14-5-7-15(19)8-6-14/h5-8,13H,3-4,9-12H2,1-2H3,(H,20,21)/t13-/m0/s1. The Labute approximate surface area is 141 Å². The molecule has 2 rings (SSSR count). The van der Waals surface area contributed by atoms with Crippen LogP contribution in [-0.2, 0) is 24.5 Å². The molecule has 1 aromatic rings. The van der Waals surface area contributed by atoms with Gasteiger partial charge >= 0.3 is 5.97 Å². The number of carbonyl (C=O) groups is 2. The molecule has 24 heavy (non-hydrogen) atoms. The molecule has 1 saturated carbocycles. The van der Waals surface area contributed by atoms with E-state index in [1.807, 2.05) is 0 Å². The summed E-state index contributed by atoms with van der Waals surface area (Å²) in [6, 6.07) is 5.96. The summed E-state index contributed by atoms with van der Waals surface area (Å²) in [5.74, 6) is -1.11. The van der Waals surface area contributed by atoms with Gasteiger partial charge in [-0.15, -0.1) is 0 Å². The monoisotopic (exact) mass is 337 g/mol. The number of ether oxygens (including phenoxy) is 2. The summed E-state index contributed by atoms with van der Waals surface area (Å²) in [7, 11) is 1.54. The maximum Gasteiger partial charge on any atom is 0.317 e. The highest BCUT2D eigenvalue weighted by Gasteiger charge is 2.45. The maximum atomic E-state index is 13.2. The molecule has 0 bridgehead atoms. The molecule has 6 heteroatoms. The van der Waals surface area contributed by atoms with Crippen LogP contribution < -0.4 is 5.32 Å². The fourth-order valence-corrected chi connectivity index (χ4v) is 3.11. The number of benzene rings is 1. The van der Waals surface area contributed by atoms with E-state index in [0.717, 1.165) is 18.4 Å². The molecule has 1 fully saturated rings. The number of hydrogen-bond acceptors (Lipinski definition) is 4. The van der Waals surface area contributed by atoms with Crippen molar-refractivity contribution in [1.82, 2.24) is 5.32 Å². The third kappa shape index (κ3) is 4.12. The van der Waals surface area contributed by atoms with E-state index in [2.05, 4.69) is 5.32 Å². The van der Waals surface area contributed by atoms with Gasteiger partial charge < -0.3 is 14.8 Å². The molecule has 1 aliphatic carbocycles. The molecule has 0 spiro atoms. The minimum absolute atomic E-state index is 0.342. The normalized spacial score (nSPS) is 17.3. The van der Waals surface area contributed by atoms with Crippen molar-refractivity contribution < 1.29 is 23.5 Å². The van der Waals surface area contributed by atoms with E-state index in [1.165, 1.54) is 12.1 Å². The van der Waals surface area contributed by atoms with Crippen molar-refractivity contribution in [3.8, 4) is 0 Å². The first kappa shape index (κ1) is 18.4. The molecule has 1 amide bonds. The van der Waals surface area contributed by atoms with Gasteiger partial charge in [-0.3, -0.25) is 9.59 Å². The summed E-state index contributed by atoms with van der Waals surface area (Å²) in [6.07, 6.45) is 2.22. The smallest absolute Gasteiger partial charge is 0.317 e. The molecule has 1 aliphatic rings. The van der Waals surface area contributed by atoms with E-state index in [4.69, 9.17) is 9.47 Å². The Bertz CT molecular complexity index is 567. The van der Waals surface area contributed by atoms with E-state index in [1.54, 1.807) is 26.2 Å². The first-order chi connectivity index (χ1) is 11.5. The van der Waals surface area contributed by atoms with Crippen LogP contribution in [-0.4, -0.2) is 38.2 Å². The number of nitrogens with one attached hydrogen (secondary N) is 1. The van der Waals surface area contributed by atoms with Gasteiger partial charge in [-0.05, 0) is 37.5 Å². The largest absolute Gasteiger partial charge is 0.452 e. The van der Waals surface area contributed by atoms with Gasteiger partial charge in [-0.1, -0.05) is 25.0 Å². The average Bonchev–Trinajstić information content (AvgIpc) is 3.06. The molecule has 0 heterocycles. The zero-order valence-corrected chi connectivity index (χ0v) is 14.1. The molecule has 1 aromatic carbocycles. The van der Waals surface area contributed by atoms with Crippen LogP contribution in [0, 0.1) is 5.82 Å². The number of carbonyl (C=O) groups excluding carboxylic acids is 2. The van der Waals surface area contributed by atoms with Crippen LogP contribution in [0.5, 0.6) is 0 Å². The van der Waals surface area contributed by atoms with Crippen LogP contribution in [0.2, 0.25) is 0 Å². The van der Waals surface area contributed by atoms with Gasteiger partial charge in [0.2, 0.25) is 0 Å². The lowest BCUT2D eigenvalue weighted by molar-refractivity contribution is -0.160. The van der Waals surface area contributed by atoms with E-state index in [0.29, 0.717) is 26.0 Å². The molecule has 0 aliphatic heterocycles. The quantitative estimate of drug-likeness (QED) is 0.613. The minimum atomic E-state index is -0.882. The third-order valence-corrected chi connectivity index (χ3v) is 4.50. The number of amides is 1. The highest BCUT2D eigenvalue weighted by atomic mass is 19.1. The van der Waals surface area contributed by atoms with Crippen molar-refractivity contribution in [3.05, 3.63) is 35.6 Å². The summed E-state index contributed by atoms with van der Waals surface area (Å²) in [6.45, 7) is 2.31. The van der Waals surface area contributed by atoms with Gasteiger partial charge in [0.1, 0.15) is 5.82 Å². The molecule has 1 N–H and O–H groups in total. The van der Waals surface area contributed by atoms with Gasteiger partial charge in [0.15, 0.2) is 6.10 Å². The van der Waals surface area contributed by atoms with Gasteiger partial charge in [-0.2, -0.15) is 0 Å². The Balaban J connectivity index is 2.07. The predicted octanol–water partition coefficient (Wildman–Crippen LogP) is 2.33.